The number of amides is 2. The number of carbonyl (C=O) groups is 2. The van der Waals surface area contributed by atoms with Gasteiger partial charge in [0, 0.05) is 25.7 Å². The lowest BCUT2D eigenvalue weighted by molar-refractivity contribution is -0.129. The SMILES string of the molecule is COc1ccc(C(=O)N[C@@H](C)c2nnc(SCC(=O)N3CCc4ccccc4C3)n2C)cc1. The van der Waals surface area contributed by atoms with E-state index in [9.17, 15) is 9.59 Å². The van der Waals surface area contributed by atoms with Crippen molar-refractivity contribution >= 4 is 23.6 Å². The Bertz CT molecular complexity index is 1150. The van der Waals surface area contributed by atoms with Gasteiger partial charge in [0.25, 0.3) is 5.91 Å². The van der Waals surface area contributed by atoms with Crippen molar-refractivity contribution in [2.24, 2.45) is 7.05 Å². The summed E-state index contributed by atoms with van der Waals surface area (Å²) in [6.07, 6.45) is 0.881. The first kappa shape index (κ1) is 22.8. The highest BCUT2D eigenvalue weighted by molar-refractivity contribution is 7.99. The molecule has 1 N–H and O–H groups in total. The molecule has 3 aromatic rings. The Hall–Kier alpha value is -3.33. The van der Waals surface area contributed by atoms with Gasteiger partial charge in [-0.2, -0.15) is 0 Å². The van der Waals surface area contributed by atoms with Crippen LogP contribution in [0, 0.1) is 0 Å². The molecule has 33 heavy (non-hydrogen) atoms. The molecule has 1 atom stereocenters. The van der Waals surface area contributed by atoms with Gasteiger partial charge in [0.1, 0.15) is 5.75 Å². The predicted octanol–water partition coefficient (Wildman–Crippen LogP) is 2.99. The molecule has 0 aliphatic carbocycles. The van der Waals surface area contributed by atoms with Crippen LogP contribution in [0.15, 0.2) is 53.7 Å². The number of nitrogens with one attached hydrogen (secondary N) is 1. The van der Waals surface area contributed by atoms with Crippen molar-refractivity contribution in [1.82, 2.24) is 25.0 Å². The van der Waals surface area contributed by atoms with Gasteiger partial charge in [0.15, 0.2) is 11.0 Å². The van der Waals surface area contributed by atoms with E-state index in [-0.39, 0.29) is 17.9 Å². The van der Waals surface area contributed by atoms with Gasteiger partial charge in [-0.25, -0.2) is 0 Å². The molecule has 9 heteroatoms. The van der Waals surface area contributed by atoms with Gasteiger partial charge in [-0.15, -0.1) is 10.2 Å². The van der Waals surface area contributed by atoms with E-state index >= 15 is 0 Å². The maximum atomic E-state index is 12.8. The molecule has 8 nitrogen and oxygen atoms in total. The Balaban J connectivity index is 1.33. The maximum absolute atomic E-state index is 12.8. The highest BCUT2D eigenvalue weighted by atomic mass is 32.2. The summed E-state index contributed by atoms with van der Waals surface area (Å²) in [4.78, 5) is 27.2. The Labute approximate surface area is 197 Å². The largest absolute Gasteiger partial charge is 0.497 e. The van der Waals surface area contributed by atoms with Gasteiger partial charge in [-0.05, 0) is 48.7 Å². The van der Waals surface area contributed by atoms with Gasteiger partial charge in [-0.1, -0.05) is 36.0 Å². The van der Waals surface area contributed by atoms with Crippen molar-refractivity contribution in [3.05, 3.63) is 71.0 Å². The molecule has 0 radical (unpaired) electrons. The number of carbonyl (C=O) groups excluding carboxylic acids is 2. The van der Waals surface area contributed by atoms with Crippen LogP contribution in [0.1, 0.15) is 40.3 Å². The van der Waals surface area contributed by atoms with Crippen LogP contribution in [0.2, 0.25) is 0 Å². The number of hydrogen-bond acceptors (Lipinski definition) is 6. The number of hydrogen-bond donors (Lipinski definition) is 1. The van der Waals surface area contributed by atoms with Gasteiger partial charge >= 0.3 is 0 Å². The minimum Gasteiger partial charge on any atom is -0.497 e. The quantitative estimate of drug-likeness (QED) is 0.540. The first-order valence-corrected chi connectivity index (χ1v) is 11.8. The van der Waals surface area contributed by atoms with E-state index in [2.05, 4.69) is 27.6 Å². The molecule has 2 amide bonds. The second-order valence-electron chi connectivity index (χ2n) is 7.95. The minimum absolute atomic E-state index is 0.0833. The molecule has 1 aromatic heterocycles. The van der Waals surface area contributed by atoms with Crippen molar-refractivity contribution in [1.29, 1.82) is 0 Å². The number of fused-ring (bicyclic) bond motifs is 1. The van der Waals surface area contributed by atoms with Crippen molar-refractivity contribution in [3.63, 3.8) is 0 Å². The number of aromatic nitrogens is 3. The van der Waals surface area contributed by atoms with Crippen LogP contribution >= 0.6 is 11.8 Å². The first-order chi connectivity index (χ1) is 16.0. The number of thioether (sulfide) groups is 1. The highest BCUT2D eigenvalue weighted by Crippen LogP contribution is 2.23. The van der Waals surface area contributed by atoms with Gasteiger partial charge in [0.05, 0.1) is 18.9 Å². The Morgan fingerprint density at radius 3 is 2.58 bits per heavy atom. The molecule has 2 aromatic carbocycles. The van der Waals surface area contributed by atoms with Gasteiger partial charge in [-0.3, -0.25) is 9.59 Å². The average Bonchev–Trinajstić information content (AvgIpc) is 3.22. The second kappa shape index (κ2) is 10.1. The zero-order valence-electron chi connectivity index (χ0n) is 18.9. The second-order valence-corrected chi connectivity index (χ2v) is 8.89. The van der Waals surface area contributed by atoms with E-state index in [1.807, 2.05) is 35.6 Å². The number of ether oxygens (including phenoxy) is 1. The third-order valence-corrected chi connectivity index (χ3v) is 6.77. The fraction of sp³-hybridized carbons (Fsp3) is 0.333. The molecule has 0 bridgehead atoms. The van der Waals surface area contributed by atoms with Crippen LogP contribution in [0.4, 0.5) is 0 Å². The molecule has 0 fully saturated rings. The molecule has 4 rings (SSSR count). The molecule has 0 spiro atoms. The van der Waals surface area contributed by atoms with Crippen LogP contribution in [0.5, 0.6) is 5.75 Å². The summed E-state index contributed by atoms with van der Waals surface area (Å²) in [7, 11) is 3.43. The highest BCUT2D eigenvalue weighted by Gasteiger charge is 2.22. The van der Waals surface area contributed by atoms with E-state index in [4.69, 9.17) is 4.74 Å². The number of nitrogens with zero attached hydrogens (tertiary/aromatic N) is 4. The molecular weight excluding hydrogens is 438 g/mol. The summed E-state index contributed by atoms with van der Waals surface area (Å²) >= 11 is 1.36. The molecule has 0 unspecified atom stereocenters. The summed E-state index contributed by atoms with van der Waals surface area (Å²) in [6.45, 7) is 3.24. The standard InChI is InChI=1S/C24H27N5O3S/c1-16(25-23(31)18-8-10-20(32-3)11-9-18)22-26-27-24(28(22)2)33-15-21(30)29-13-12-17-6-4-5-7-19(17)14-29/h4-11,16H,12-15H2,1-3H3,(H,25,31)/t16-/m0/s1. The fourth-order valence-corrected chi connectivity index (χ4v) is 4.66. The first-order valence-electron chi connectivity index (χ1n) is 10.8. The summed E-state index contributed by atoms with van der Waals surface area (Å²) in [5.41, 5.74) is 3.07. The third kappa shape index (κ3) is 5.19. The molecule has 1 aliphatic rings. The molecular formula is C24H27N5O3S. The lowest BCUT2D eigenvalue weighted by Gasteiger charge is -2.28. The van der Waals surface area contributed by atoms with Crippen LogP contribution in [-0.2, 0) is 24.8 Å². The van der Waals surface area contributed by atoms with E-state index in [1.54, 1.807) is 31.4 Å². The smallest absolute Gasteiger partial charge is 0.251 e. The average molecular weight is 466 g/mol. The topological polar surface area (TPSA) is 89.3 Å². The van der Waals surface area contributed by atoms with Crippen molar-refractivity contribution in [2.45, 2.75) is 31.1 Å². The Morgan fingerprint density at radius 2 is 1.85 bits per heavy atom. The van der Waals surface area contributed by atoms with Crippen LogP contribution in [0.25, 0.3) is 0 Å². The third-order valence-electron chi connectivity index (χ3n) is 5.76. The maximum Gasteiger partial charge on any atom is 0.251 e. The molecule has 1 aliphatic heterocycles. The number of rotatable bonds is 7. The molecule has 0 saturated carbocycles. The van der Waals surface area contributed by atoms with Crippen LogP contribution in [0.3, 0.4) is 0 Å². The predicted molar refractivity (Wildman–Crippen MR) is 126 cm³/mol. The summed E-state index contributed by atoms with van der Waals surface area (Å²) in [5, 5.41) is 12.1. The van der Waals surface area contributed by atoms with E-state index in [0.29, 0.717) is 34.6 Å². The van der Waals surface area contributed by atoms with Crippen molar-refractivity contribution < 1.29 is 14.3 Å². The summed E-state index contributed by atoms with van der Waals surface area (Å²) in [6, 6.07) is 14.8. The zero-order valence-corrected chi connectivity index (χ0v) is 19.8. The van der Waals surface area contributed by atoms with E-state index in [1.165, 1.54) is 22.9 Å². The van der Waals surface area contributed by atoms with E-state index in [0.717, 1.165) is 13.0 Å². The molecule has 0 saturated heterocycles. The summed E-state index contributed by atoms with van der Waals surface area (Å²) < 4.78 is 6.95. The van der Waals surface area contributed by atoms with E-state index < -0.39 is 0 Å². The molecule has 2 heterocycles. The van der Waals surface area contributed by atoms with Crippen LogP contribution < -0.4 is 10.1 Å². The number of methoxy groups -OCH3 is 1. The minimum atomic E-state index is -0.347. The number of benzene rings is 2. The fourth-order valence-electron chi connectivity index (χ4n) is 3.84. The van der Waals surface area contributed by atoms with Gasteiger partial charge in [0.2, 0.25) is 5.91 Å². The van der Waals surface area contributed by atoms with Crippen LogP contribution in [-0.4, -0.2) is 50.9 Å². The van der Waals surface area contributed by atoms with Crippen molar-refractivity contribution in [3.8, 4) is 5.75 Å². The molecule has 172 valence electrons. The zero-order chi connectivity index (χ0) is 23.4. The lowest BCUT2D eigenvalue weighted by atomic mass is 10.00. The van der Waals surface area contributed by atoms with Gasteiger partial charge < -0.3 is 19.5 Å². The lowest BCUT2D eigenvalue weighted by Crippen LogP contribution is -2.37. The Morgan fingerprint density at radius 1 is 1.12 bits per heavy atom. The normalized spacial score (nSPS) is 13.8. The monoisotopic (exact) mass is 465 g/mol. The van der Waals surface area contributed by atoms with Crippen molar-refractivity contribution in [2.75, 3.05) is 19.4 Å². The Kier molecular flexibility index (Phi) is 6.98. The summed E-state index contributed by atoms with van der Waals surface area (Å²) in [5.74, 6) is 1.49.